The van der Waals surface area contributed by atoms with Crippen LogP contribution in [0.3, 0.4) is 0 Å². The first-order chi connectivity index (χ1) is 9.13. The second-order valence-corrected chi connectivity index (χ2v) is 4.28. The summed E-state index contributed by atoms with van der Waals surface area (Å²) in [5.74, 6) is -0.0419. The highest BCUT2D eigenvalue weighted by Gasteiger charge is 2.24. The van der Waals surface area contributed by atoms with Crippen LogP contribution in [-0.2, 0) is 4.79 Å². The lowest BCUT2D eigenvalue weighted by atomic mass is 10.1. The molecule has 1 amide bonds. The summed E-state index contributed by atoms with van der Waals surface area (Å²) in [5, 5.41) is 12.4. The minimum absolute atomic E-state index is 0.264. The number of aromatic nitrogens is 2. The van der Waals surface area contributed by atoms with Gasteiger partial charge in [-0.25, -0.2) is 4.39 Å². The number of aromatic amines is 1. The molecule has 0 radical (unpaired) electrons. The molecule has 1 aromatic carbocycles. The van der Waals surface area contributed by atoms with Crippen molar-refractivity contribution in [2.24, 2.45) is 0 Å². The van der Waals surface area contributed by atoms with Crippen LogP contribution in [0.15, 0.2) is 30.5 Å². The van der Waals surface area contributed by atoms with Gasteiger partial charge in [0.2, 0.25) is 0 Å². The van der Waals surface area contributed by atoms with Crippen LogP contribution in [0, 0.1) is 12.7 Å². The number of hydrogen-bond acceptors (Lipinski definition) is 3. The highest BCUT2D eigenvalue weighted by molar-refractivity contribution is 6.31. The van der Waals surface area contributed by atoms with Gasteiger partial charge in [0.05, 0.1) is 5.57 Å². The number of benzene rings is 1. The van der Waals surface area contributed by atoms with E-state index in [1.165, 1.54) is 18.3 Å². The van der Waals surface area contributed by atoms with Gasteiger partial charge >= 0.3 is 0 Å². The number of carbonyl (C=O) groups is 1. The molecule has 3 rings (SSSR count). The van der Waals surface area contributed by atoms with Crippen LogP contribution in [0.5, 0.6) is 0 Å². The van der Waals surface area contributed by atoms with Crippen molar-refractivity contribution in [3.05, 3.63) is 47.5 Å². The van der Waals surface area contributed by atoms with E-state index in [9.17, 15) is 9.18 Å². The Bertz CT molecular complexity index is 690. The van der Waals surface area contributed by atoms with Crippen LogP contribution < -0.4 is 10.6 Å². The van der Waals surface area contributed by atoms with E-state index in [1.807, 2.05) is 6.92 Å². The fraction of sp³-hybridized carbons (Fsp3) is 0.0769. The Morgan fingerprint density at radius 2 is 2.21 bits per heavy atom. The van der Waals surface area contributed by atoms with Crippen LogP contribution in [0.1, 0.15) is 11.3 Å². The number of nitrogens with zero attached hydrogens (tertiary/aromatic N) is 1. The molecule has 6 heteroatoms. The topological polar surface area (TPSA) is 69.8 Å². The molecule has 1 aliphatic rings. The highest BCUT2D eigenvalue weighted by Crippen LogP contribution is 2.31. The number of H-pyrrole nitrogens is 1. The van der Waals surface area contributed by atoms with Gasteiger partial charge in [-0.15, -0.1) is 0 Å². The molecule has 1 aliphatic heterocycles. The third kappa shape index (κ3) is 2.08. The van der Waals surface area contributed by atoms with Crippen molar-refractivity contribution in [1.29, 1.82) is 0 Å². The lowest BCUT2D eigenvalue weighted by molar-refractivity contribution is -0.110. The summed E-state index contributed by atoms with van der Waals surface area (Å²) in [5.41, 5.74) is 2.45. The van der Waals surface area contributed by atoms with Crippen molar-refractivity contribution < 1.29 is 9.18 Å². The number of amides is 1. The van der Waals surface area contributed by atoms with E-state index in [0.29, 0.717) is 22.6 Å². The SMILES string of the molecule is Cc1cc(N/C=C2/C(=O)Nc3ccc(F)cc32)n[nH]1. The summed E-state index contributed by atoms with van der Waals surface area (Å²) in [6.07, 6.45) is 1.52. The zero-order valence-corrected chi connectivity index (χ0v) is 10.1. The summed E-state index contributed by atoms with van der Waals surface area (Å²) >= 11 is 0. The van der Waals surface area contributed by atoms with Gasteiger partial charge in [0.25, 0.3) is 5.91 Å². The Morgan fingerprint density at radius 1 is 1.37 bits per heavy atom. The van der Waals surface area contributed by atoms with Crippen LogP contribution >= 0.6 is 0 Å². The van der Waals surface area contributed by atoms with Crippen molar-refractivity contribution in [2.75, 3.05) is 10.6 Å². The molecule has 0 spiro atoms. The molecule has 5 nitrogen and oxygen atoms in total. The second-order valence-electron chi connectivity index (χ2n) is 4.28. The van der Waals surface area contributed by atoms with Gasteiger partial charge in [-0.05, 0) is 25.1 Å². The molecule has 0 aliphatic carbocycles. The lowest BCUT2D eigenvalue weighted by Crippen LogP contribution is -2.05. The van der Waals surface area contributed by atoms with Gasteiger partial charge in [-0.2, -0.15) is 5.10 Å². The largest absolute Gasteiger partial charge is 0.344 e. The highest BCUT2D eigenvalue weighted by atomic mass is 19.1. The number of nitrogens with one attached hydrogen (secondary N) is 3. The molecular weight excluding hydrogens is 247 g/mol. The van der Waals surface area contributed by atoms with Gasteiger partial charge < -0.3 is 10.6 Å². The fourth-order valence-corrected chi connectivity index (χ4v) is 1.94. The van der Waals surface area contributed by atoms with Crippen molar-refractivity contribution in [3.8, 4) is 0 Å². The Kier molecular flexibility index (Phi) is 2.56. The van der Waals surface area contributed by atoms with Gasteiger partial charge in [-0.3, -0.25) is 9.89 Å². The summed E-state index contributed by atoms with van der Waals surface area (Å²) in [6.45, 7) is 1.87. The molecule has 0 atom stereocenters. The van der Waals surface area contributed by atoms with Gasteiger partial charge in [-0.1, -0.05) is 0 Å². The van der Waals surface area contributed by atoms with E-state index < -0.39 is 0 Å². The molecular formula is C13H11FN4O. The normalized spacial score (nSPS) is 15.5. The smallest absolute Gasteiger partial charge is 0.257 e. The Hall–Kier alpha value is -2.63. The van der Waals surface area contributed by atoms with Gasteiger partial charge in [0.1, 0.15) is 5.82 Å². The zero-order valence-electron chi connectivity index (χ0n) is 10.1. The molecule has 0 unspecified atom stereocenters. The first kappa shape index (κ1) is 11.5. The molecule has 0 bridgehead atoms. The van der Waals surface area contributed by atoms with Crippen LogP contribution in [0.4, 0.5) is 15.9 Å². The Labute approximate surface area is 108 Å². The van der Waals surface area contributed by atoms with Crippen LogP contribution in [-0.4, -0.2) is 16.1 Å². The molecule has 19 heavy (non-hydrogen) atoms. The molecule has 0 fully saturated rings. The number of hydrogen-bond donors (Lipinski definition) is 3. The number of fused-ring (bicyclic) bond motifs is 1. The number of carbonyl (C=O) groups excluding carboxylic acids is 1. The molecule has 0 saturated heterocycles. The fourth-order valence-electron chi connectivity index (χ4n) is 1.94. The average molecular weight is 258 g/mol. The minimum atomic E-state index is -0.378. The predicted molar refractivity (Wildman–Crippen MR) is 70.0 cm³/mol. The van der Waals surface area contributed by atoms with E-state index >= 15 is 0 Å². The quantitative estimate of drug-likeness (QED) is 0.724. The summed E-state index contributed by atoms with van der Waals surface area (Å²) in [6, 6.07) is 5.99. The monoisotopic (exact) mass is 258 g/mol. The van der Waals surface area contributed by atoms with Crippen molar-refractivity contribution in [2.45, 2.75) is 6.92 Å². The van der Waals surface area contributed by atoms with E-state index in [1.54, 1.807) is 12.1 Å². The molecule has 2 aromatic rings. The maximum absolute atomic E-state index is 13.2. The van der Waals surface area contributed by atoms with Crippen molar-refractivity contribution in [3.63, 3.8) is 0 Å². The Morgan fingerprint density at radius 3 is 2.95 bits per heavy atom. The average Bonchev–Trinajstić information content (AvgIpc) is 2.90. The third-order valence-corrected chi connectivity index (χ3v) is 2.83. The minimum Gasteiger partial charge on any atom is -0.344 e. The summed E-state index contributed by atoms with van der Waals surface area (Å²) in [7, 11) is 0. The molecule has 96 valence electrons. The zero-order chi connectivity index (χ0) is 13.4. The van der Waals surface area contributed by atoms with Crippen molar-refractivity contribution >= 4 is 23.0 Å². The molecule has 3 N–H and O–H groups in total. The van der Waals surface area contributed by atoms with E-state index in [4.69, 9.17) is 0 Å². The van der Waals surface area contributed by atoms with Crippen molar-refractivity contribution in [1.82, 2.24) is 10.2 Å². The van der Waals surface area contributed by atoms with Crippen LogP contribution in [0.25, 0.3) is 5.57 Å². The molecule has 2 heterocycles. The van der Waals surface area contributed by atoms with Gasteiger partial charge in [0, 0.05) is 29.2 Å². The molecule has 1 aromatic heterocycles. The summed E-state index contributed by atoms with van der Waals surface area (Å²) < 4.78 is 13.2. The maximum Gasteiger partial charge on any atom is 0.257 e. The van der Waals surface area contributed by atoms with Gasteiger partial charge in [0.15, 0.2) is 5.82 Å². The number of halogens is 1. The first-order valence-electron chi connectivity index (χ1n) is 5.73. The van der Waals surface area contributed by atoms with E-state index in [-0.39, 0.29) is 11.7 Å². The predicted octanol–water partition coefficient (Wildman–Crippen LogP) is 2.26. The first-order valence-corrected chi connectivity index (χ1v) is 5.73. The number of aryl methyl sites for hydroxylation is 1. The number of rotatable bonds is 2. The molecule has 0 saturated carbocycles. The van der Waals surface area contributed by atoms with E-state index in [0.717, 1.165) is 5.69 Å². The second kappa shape index (κ2) is 4.24. The summed E-state index contributed by atoms with van der Waals surface area (Å²) in [4.78, 5) is 11.8. The van der Waals surface area contributed by atoms with Crippen LogP contribution in [0.2, 0.25) is 0 Å². The maximum atomic E-state index is 13.2. The standard InChI is InChI=1S/C13H11FN4O/c1-7-4-12(18-17-7)15-6-10-9-5-8(14)2-3-11(9)16-13(10)19/h2-6H,1H3,(H,16,19)(H2,15,17,18)/b10-6+. The third-order valence-electron chi connectivity index (χ3n) is 2.83. The lowest BCUT2D eigenvalue weighted by Gasteiger charge is -1.99. The Balaban J connectivity index is 1.93. The number of anilines is 2. The van der Waals surface area contributed by atoms with E-state index in [2.05, 4.69) is 20.8 Å².